The van der Waals surface area contributed by atoms with E-state index < -0.39 is 0 Å². The first-order valence-corrected chi connectivity index (χ1v) is 7.37. The van der Waals surface area contributed by atoms with Crippen LogP contribution in [0.2, 0.25) is 0 Å². The molecule has 1 unspecified atom stereocenters. The van der Waals surface area contributed by atoms with Gasteiger partial charge in [0.1, 0.15) is 0 Å². The molecule has 0 bridgehead atoms. The molecule has 1 saturated carbocycles. The van der Waals surface area contributed by atoms with E-state index in [4.69, 9.17) is 0 Å². The van der Waals surface area contributed by atoms with Gasteiger partial charge < -0.3 is 14.9 Å². The average Bonchev–Trinajstić information content (AvgIpc) is 3.10. The van der Waals surface area contributed by atoms with Gasteiger partial charge in [0.15, 0.2) is 0 Å². The molecule has 3 heteroatoms. The van der Waals surface area contributed by atoms with Crippen LogP contribution in [0.5, 0.6) is 0 Å². The van der Waals surface area contributed by atoms with E-state index >= 15 is 0 Å². The average molecular weight is 240 g/mol. The van der Waals surface area contributed by atoms with Crippen LogP contribution in [-0.2, 0) is 0 Å². The summed E-state index contributed by atoms with van der Waals surface area (Å²) in [4.78, 5) is 5.23. The minimum Gasteiger partial charge on any atom is -0.393 e. The van der Waals surface area contributed by atoms with Gasteiger partial charge in [0.2, 0.25) is 0 Å². The highest BCUT2D eigenvalue weighted by molar-refractivity contribution is 4.80. The van der Waals surface area contributed by atoms with Gasteiger partial charge in [-0.1, -0.05) is 0 Å². The fourth-order valence-corrected chi connectivity index (χ4v) is 2.64. The summed E-state index contributed by atoms with van der Waals surface area (Å²) in [5.41, 5.74) is 0. The number of piperazine rings is 1. The highest BCUT2D eigenvalue weighted by Crippen LogP contribution is 2.29. The molecule has 3 nitrogen and oxygen atoms in total. The van der Waals surface area contributed by atoms with Crippen molar-refractivity contribution < 1.29 is 5.11 Å². The molecule has 2 rings (SSSR count). The molecule has 1 aliphatic heterocycles. The highest BCUT2D eigenvalue weighted by atomic mass is 16.3. The quantitative estimate of drug-likeness (QED) is 0.684. The Kier molecular flexibility index (Phi) is 5.26. The van der Waals surface area contributed by atoms with Crippen molar-refractivity contribution in [3.8, 4) is 0 Å². The molecular formula is C14H28N2O. The summed E-state index contributed by atoms with van der Waals surface area (Å²) in [5, 5.41) is 9.19. The molecule has 2 fully saturated rings. The number of unbranched alkanes of at least 4 members (excludes halogenated alkanes) is 1. The maximum Gasteiger partial charge on any atom is 0.0512 e. The number of rotatable bonds is 7. The Morgan fingerprint density at radius 2 is 1.71 bits per heavy atom. The predicted octanol–water partition coefficient (Wildman–Crippen LogP) is 1.57. The number of hydrogen-bond donors (Lipinski definition) is 1. The SMILES string of the molecule is CC(O)CCCCN1CCN(CC2CC2)CC1. The third kappa shape index (κ3) is 5.36. The summed E-state index contributed by atoms with van der Waals surface area (Å²) in [6.45, 7) is 9.51. The molecule has 17 heavy (non-hydrogen) atoms. The molecule has 2 aliphatic rings. The molecule has 0 aromatic heterocycles. The Hall–Kier alpha value is -0.120. The monoisotopic (exact) mass is 240 g/mol. The molecule has 0 amide bonds. The third-order valence-electron chi connectivity index (χ3n) is 4.02. The molecule has 100 valence electrons. The molecule has 0 aromatic carbocycles. The summed E-state index contributed by atoms with van der Waals surface area (Å²) in [6.07, 6.45) is 6.19. The van der Waals surface area contributed by atoms with Crippen molar-refractivity contribution >= 4 is 0 Å². The van der Waals surface area contributed by atoms with Gasteiger partial charge in [0, 0.05) is 32.7 Å². The molecule has 1 heterocycles. The van der Waals surface area contributed by atoms with E-state index in [9.17, 15) is 5.11 Å². The van der Waals surface area contributed by atoms with E-state index in [1.165, 1.54) is 65.0 Å². The first-order valence-electron chi connectivity index (χ1n) is 7.37. The first kappa shape index (κ1) is 13.3. The lowest BCUT2D eigenvalue weighted by Gasteiger charge is -2.34. The molecule has 1 aliphatic carbocycles. The van der Waals surface area contributed by atoms with Crippen LogP contribution >= 0.6 is 0 Å². The van der Waals surface area contributed by atoms with Gasteiger partial charge in [-0.15, -0.1) is 0 Å². The molecule has 0 spiro atoms. The molecule has 1 atom stereocenters. The summed E-state index contributed by atoms with van der Waals surface area (Å²) in [6, 6.07) is 0. The summed E-state index contributed by atoms with van der Waals surface area (Å²) >= 11 is 0. The summed E-state index contributed by atoms with van der Waals surface area (Å²) < 4.78 is 0. The second kappa shape index (κ2) is 6.72. The zero-order valence-electron chi connectivity index (χ0n) is 11.3. The van der Waals surface area contributed by atoms with Crippen LogP contribution in [0.15, 0.2) is 0 Å². The van der Waals surface area contributed by atoms with E-state index in [0.717, 1.165) is 12.3 Å². The van der Waals surface area contributed by atoms with E-state index in [-0.39, 0.29) is 6.10 Å². The van der Waals surface area contributed by atoms with E-state index in [2.05, 4.69) is 9.80 Å². The first-order chi connectivity index (χ1) is 8.24. The largest absolute Gasteiger partial charge is 0.393 e. The second-order valence-electron chi connectivity index (χ2n) is 5.93. The van der Waals surface area contributed by atoms with Crippen LogP contribution in [0.1, 0.15) is 39.0 Å². The van der Waals surface area contributed by atoms with Crippen LogP contribution in [0.3, 0.4) is 0 Å². The van der Waals surface area contributed by atoms with Gasteiger partial charge in [-0.3, -0.25) is 0 Å². The lowest BCUT2D eigenvalue weighted by molar-refractivity contribution is 0.124. The van der Waals surface area contributed by atoms with Gasteiger partial charge in [-0.2, -0.15) is 0 Å². The Morgan fingerprint density at radius 3 is 2.29 bits per heavy atom. The van der Waals surface area contributed by atoms with Crippen molar-refractivity contribution in [2.24, 2.45) is 5.92 Å². The Morgan fingerprint density at radius 1 is 1.06 bits per heavy atom. The number of aliphatic hydroxyl groups excluding tert-OH is 1. The van der Waals surface area contributed by atoms with Crippen molar-refractivity contribution in [2.45, 2.75) is 45.1 Å². The highest BCUT2D eigenvalue weighted by Gasteiger charge is 2.26. The molecule has 1 N–H and O–H groups in total. The van der Waals surface area contributed by atoms with Crippen LogP contribution in [0.25, 0.3) is 0 Å². The van der Waals surface area contributed by atoms with Gasteiger partial charge >= 0.3 is 0 Å². The fourth-order valence-electron chi connectivity index (χ4n) is 2.64. The van der Waals surface area contributed by atoms with Crippen molar-refractivity contribution in [1.29, 1.82) is 0 Å². The van der Waals surface area contributed by atoms with E-state index in [1.807, 2.05) is 6.92 Å². The van der Waals surface area contributed by atoms with E-state index in [1.54, 1.807) is 0 Å². The standard InChI is InChI=1S/C14H28N2O/c1-13(17)4-2-3-7-15-8-10-16(11-9-15)12-14-5-6-14/h13-14,17H,2-12H2,1H3. The predicted molar refractivity (Wildman–Crippen MR) is 71.1 cm³/mol. The van der Waals surface area contributed by atoms with Crippen molar-refractivity contribution in [2.75, 3.05) is 39.3 Å². The van der Waals surface area contributed by atoms with Crippen LogP contribution < -0.4 is 0 Å². The Balaban J connectivity index is 1.49. The van der Waals surface area contributed by atoms with E-state index in [0.29, 0.717) is 0 Å². The lowest BCUT2D eigenvalue weighted by atomic mass is 10.1. The van der Waals surface area contributed by atoms with Crippen LogP contribution in [-0.4, -0.2) is 60.3 Å². The maximum absolute atomic E-state index is 9.19. The third-order valence-corrected chi connectivity index (χ3v) is 4.02. The number of hydrogen-bond acceptors (Lipinski definition) is 3. The zero-order valence-corrected chi connectivity index (χ0v) is 11.3. The lowest BCUT2D eigenvalue weighted by Crippen LogP contribution is -2.47. The zero-order chi connectivity index (χ0) is 12.1. The van der Waals surface area contributed by atoms with Crippen molar-refractivity contribution in [3.05, 3.63) is 0 Å². The Bertz CT molecular complexity index is 206. The van der Waals surface area contributed by atoms with Gasteiger partial charge in [0.25, 0.3) is 0 Å². The van der Waals surface area contributed by atoms with Crippen molar-refractivity contribution in [1.82, 2.24) is 9.80 Å². The molecule has 1 saturated heterocycles. The minimum absolute atomic E-state index is 0.120. The molecule has 0 radical (unpaired) electrons. The van der Waals surface area contributed by atoms with Crippen LogP contribution in [0.4, 0.5) is 0 Å². The molecule has 0 aromatic rings. The second-order valence-corrected chi connectivity index (χ2v) is 5.93. The normalized spacial score (nSPS) is 25.1. The van der Waals surface area contributed by atoms with Gasteiger partial charge in [-0.25, -0.2) is 0 Å². The summed E-state index contributed by atoms with van der Waals surface area (Å²) in [5.74, 6) is 1.03. The van der Waals surface area contributed by atoms with Crippen LogP contribution in [0, 0.1) is 5.92 Å². The fraction of sp³-hybridized carbons (Fsp3) is 1.00. The van der Waals surface area contributed by atoms with Gasteiger partial charge in [-0.05, 0) is 51.5 Å². The van der Waals surface area contributed by atoms with Crippen molar-refractivity contribution in [3.63, 3.8) is 0 Å². The molecular weight excluding hydrogens is 212 g/mol. The summed E-state index contributed by atoms with van der Waals surface area (Å²) in [7, 11) is 0. The topological polar surface area (TPSA) is 26.7 Å². The maximum atomic E-state index is 9.19. The number of nitrogens with zero attached hydrogens (tertiary/aromatic N) is 2. The van der Waals surface area contributed by atoms with Gasteiger partial charge in [0.05, 0.1) is 6.10 Å². The minimum atomic E-state index is -0.120. The number of aliphatic hydroxyl groups is 1. The Labute approximate surface area is 106 Å². The smallest absolute Gasteiger partial charge is 0.0512 e.